The van der Waals surface area contributed by atoms with Crippen LogP contribution < -0.4 is 0 Å². The number of nitrogens with zero attached hydrogens (tertiary/aromatic N) is 1. The molecule has 0 bridgehead atoms. The van der Waals surface area contributed by atoms with Gasteiger partial charge in [-0.05, 0) is 19.4 Å². The number of aromatic nitrogens is 1. The highest BCUT2D eigenvalue weighted by molar-refractivity contribution is 5.87. The molecule has 2 rings (SSSR count). The first-order valence-corrected chi connectivity index (χ1v) is 5.88. The van der Waals surface area contributed by atoms with Crippen molar-refractivity contribution >= 4 is 5.97 Å². The van der Waals surface area contributed by atoms with Crippen LogP contribution in [0.5, 0.6) is 0 Å². The average Bonchev–Trinajstić information content (AvgIpc) is 2.72. The van der Waals surface area contributed by atoms with Crippen molar-refractivity contribution < 1.29 is 13.9 Å². The van der Waals surface area contributed by atoms with Crippen LogP contribution in [0.15, 0.2) is 34.7 Å². The Hall–Kier alpha value is -2.10. The third-order valence-electron chi connectivity index (χ3n) is 2.50. The van der Waals surface area contributed by atoms with Crippen LogP contribution in [-0.4, -0.2) is 17.6 Å². The zero-order chi connectivity index (χ0) is 13.0. The minimum atomic E-state index is -0.457. The lowest BCUT2D eigenvalue weighted by Crippen LogP contribution is -2.04. The molecule has 0 fully saturated rings. The maximum Gasteiger partial charge on any atom is 0.376 e. The molecule has 0 atom stereocenters. The van der Waals surface area contributed by atoms with E-state index < -0.39 is 5.97 Å². The van der Waals surface area contributed by atoms with Gasteiger partial charge in [0.2, 0.25) is 5.76 Å². The summed E-state index contributed by atoms with van der Waals surface area (Å²) in [5, 5.41) is 0. The van der Waals surface area contributed by atoms with Crippen molar-refractivity contribution in [2.45, 2.75) is 20.3 Å². The first-order chi connectivity index (χ1) is 8.70. The molecule has 0 aliphatic carbocycles. The van der Waals surface area contributed by atoms with Crippen molar-refractivity contribution in [1.29, 1.82) is 0 Å². The summed E-state index contributed by atoms with van der Waals surface area (Å²) < 4.78 is 10.3. The van der Waals surface area contributed by atoms with Crippen LogP contribution in [0, 0.1) is 6.92 Å². The summed E-state index contributed by atoms with van der Waals surface area (Å²) in [7, 11) is 0. The van der Waals surface area contributed by atoms with Crippen molar-refractivity contribution in [2.24, 2.45) is 0 Å². The van der Waals surface area contributed by atoms with Crippen molar-refractivity contribution in [2.75, 3.05) is 6.61 Å². The molecule has 0 spiro atoms. The SMILES string of the molecule is CCOC(=O)c1oc(Cc2ccccc2)nc1C. The first kappa shape index (κ1) is 12.4. The Morgan fingerprint density at radius 3 is 2.72 bits per heavy atom. The van der Waals surface area contributed by atoms with Crippen LogP contribution in [0.4, 0.5) is 0 Å². The Morgan fingerprint density at radius 1 is 1.33 bits per heavy atom. The minimum Gasteiger partial charge on any atom is -0.460 e. The van der Waals surface area contributed by atoms with E-state index in [2.05, 4.69) is 4.98 Å². The molecular weight excluding hydrogens is 230 g/mol. The molecule has 0 N–H and O–H groups in total. The highest BCUT2D eigenvalue weighted by Gasteiger charge is 2.18. The van der Waals surface area contributed by atoms with Gasteiger partial charge in [0.05, 0.1) is 12.3 Å². The van der Waals surface area contributed by atoms with Crippen molar-refractivity contribution in [3.8, 4) is 0 Å². The van der Waals surface area contributed by atoms with E-state index in [9.17, 15) is 4.79 Å². The smallest absolute Gasteiger partial charge is 0.376 e. The third-order valence-corrected chi connectivity index (χ3v) is 2.50. The first-order valence-electron chi connectivity index (χ1n) is 5.88. The number of oxazole rings is 1. The minimum absolute atomic E-state index is 0.197. The summed E-state index contributed by atoms with van der Waals surface area (Å²) in [5.74, 6) is 0.270. The van der Waals surface area contributed by atoms with E-state index in [-0.39, 0.29) is 5.76 Å². The summed E-state index contributed by atoms with van der Waals surface area (Å²) >= 11 is 0. The fraction of sp³-hybridized carbons (Fsp3) is 0.286. The standard InChI is InChI=1S/C14H15NO3/c1-3-17-14(16)13-10(2)15-12(18-13)9-11-7-5-4-6-8-11/h4-8H,3,9H2,1-2H3. The summed E-state index contributed by atoms with van der Waals surface area (Å²) in [5.41, 5.74) is 1.66. The Morgan fingerprint density at radius 2 is 2.06 bits per heavy atom. The van der Waals surface area contributed by atoms with Gasteiger partial charge in [0.25, 0.3) is 0 Å². The molecule has 0 radical (unpaired) electrons. The zero-order valence-electron chi connectivity index (χ0n) is 10.5. The summed E-state index contributed by atoms with van der Waals surface area (Å²) in [6, 6.07) is 9.84. The molecule has 0 unspecified atom stereocenters. The largest absolute Gasteiger partial charge is 0.460 e. The second-order valence-electron chi connectivity index (χ2n) is 3.90. The molecule has 1 aromatic carbocycles. The van der Waals surface area contributed by atoms with Crippen LogP contribution in [0.3, 0.4) is 0 Å². The Balaban J connectivity index is 2.16. The molecule has 1 aromatic heterocycles. The Kier molecular flexibility index (Phi) is 3.77. The van der Waals surface area contributed by atoms with E-state index in [0.29, 0.717) is 24.6 Å². The summed E-state index contributed by atoms with van der Waals surface area (Å²) in [6.07, 6.45) is 0.571. The average molecular weight is 245 g/mol. The molecular formula is C14H15NO3. The van der Waals surface area contributed by atoms with Gasteiger partial charge in [0.1, 0.15) is 0 Å². The number of ether oxygens (including phenoxy) is 1. The lowest BCUT2D eigenvalue weighted by molar-refractivity contribution is 0.0487. The molecule has 0 aliphatic rings. The number of carbonyl (C=O) groups excluding carboxylic acids is 1. The molecule has 0 amide bonds. The van der Waals surface area contributed by atoms with Gasteiger partial charge in [-0.3, -0.25) is 0 Å². The van der Waals surface area contributed by atoms with Gasteiger partial charge in [0.15, 0.2) is 5.89 Å². The normalized spacial score (nSPS) is 10.3. The number of hydrogen-bond acceptors (Lipinski definition) is 4. The van der Waals surface area contributed by atoms with Crippen LogP contribution >= 0.6 is 0 Å². The maximum absolute atomic E-state index is 11.6. The molecule has 0 saturated heterocycles. The van der Waals surface area contributed by atoms with Crippen LogP contribution in [-0.2, 0) is 11.2 Å². The lowest BCUT2D eigenvalue weighted by Gasteiger charge is -1.98. The van der Waals surface area contributed by atoms with Gasteiger partial charge in [-0.15, -0.1) is 0 Å². The fourth-order valence-electron chi connectivity index (χ4n) is 1.68. The molecule has 94 valence electrons. The van der Waals surface area contributed by atoms with E-state index in [1.54, 1.807) is 13.8 Å². The number of benzene rings is 1. The molecule has 1 heterocycles. The summed E-state index contributed by atoms with van der Waals surface area (Å²) in [6.45, 7) is 3.83. The molecule has 4 nitrogen and oxygen atoms in total. The van der Waals surface area contributed by atoms with Crippen molar-refractivity contribution in [3.63, 3.8) is 0 Å². The van der Waals surface area contributed by atoms with Gasteiger partial charge in [-0.1, -0.05) is 30.3 Å². The van der Waals surface area contributed by atoms with E-state index >= 15 is 0 Å². The number of carbonyl (C=O) groups is 1. The highest BCUT2D eigenvalue weighted by atomic mass is 16.5. The van der Waals surface area contributed by atoms with E-state index in [0.717, 1.165) is 5.56 Å². The lowest BCUT2D eigenvalue weighted by atomic mass is 10.1. The molecule has 0 saturated carbocycles. The Bertz CT molecular complexity index is 531. The summed E-state index contributed by atoms with van der Waals surface area (Å²) in [4.78, 5) is 15.8. The maximum atomic E-state index is 11.6. The van der Waals surface area contributed by atoms with E-state index in [1.165, 1.54) is 0 Å². The predicted octanol–water partition coefficient (Wildman–Crippen LogP) is 2.75. The topological polar surface area (TPSA) is 52.3 Å². The molecule has 18 heavy (non-hydrogen) atoms. The van der Waals surface area contributed by atoms with Gasteiger partial charge in [0, 0.05) is 6.42 Å². The van der Waals surface area contributed by atoms with Crippen molar-refractivity contribution in [1.82, 2.24) is 4.98 Å². The molecule has 2 aromatic rings. The third kappa shape index (κ3) is 2.77. The fourth-order valence-corrected chi connectivity index (χ4v) is 1.68. The second-order valence-corrected chi connectivity index (χ2v) is 3.90. The van der Waals surface area contributed by atoms with Crippen molar-refractivity contribution in [3.05, 3.63) is 53.2 Å². The van der Waals surface area contributed by atoms with Gasteiger partial charge in [-0.2, -0.15) is 0 Å². The van der Waals surface area contributed by atoms with Gasteiger partial charge < -0.3 is 9.15 Å². The molecule has 4 heteroatoms. The van der Waals surface area contributed by atoms with E-state index in [1.807, 2.05) is 30.3 Å². The number of rotatable bonds is 4. The Labute approximate surface area is 106 Å². The second kappa shape index (κ2) is 5.49. The van der Waals surface area contributed by atoms with Crippen LogP contribution in [0.25, 0.3) is 0 Å². The zero-order valence-corrected chi connectivity index (χ0v) is 10.5. The van der Waals surface area contributed by atoms with E-state index in [4.69, 9.17) is 9.15 Å². The quantitative estimate of drug-likeness (QED) is 0.777. The number of hydrogen-bond donors (Lipinski definition) is 0. The van der Waals surface area contributed by atoms with Crippen LogP contribution in [0.2, 0.25) is 0 Å². The number of aryl methyl sites for hydroxylation is 1. The van der Waals surface area contributed by atoms with Crippen LogP contribution in [0.1, 0.15) is 34.6 Å². The molecule has 0 aliphatic heterocycles. The highest BCUT2D eigenvalue weighted by Crippen LogP contribution is 2.15. The number of esters is 1. The van der Waals surface area contributed by atoms with Gasteiger partial charge >= 0.3 is 5.97 Å². The monoisotopic (exact) mass is 245 g/mol. The van der Waals surface area contributed by atoms with Gasteiger partial charge in [-0.25, -0.2) is 9.78 Å². The predicted molar refractivity (Wildman–Crippen MR) is 66.4 cm³/mol.